The predicted molar refractivity (Wildman–Crippen MR) is 116 cm³/mol. The number of carbonyl (C=O) groups excluding carboxylic acids is 2. The zero-order valence-corrected chi connectivity index (χ0v) is 17.7. The molecule has 0 radical (unpaired) electrons. The Morgan fingerprint density at radius 2 is 1.94 bits per heavy atom. The molecule has 6 nitrogen and oxygen atoms in total. The number of thiazole rings is 1. The first-order chi connectivity index (χ1) is 14.9. The lowest BCUT2D eigenvalue weighted by Gasteiger charge is -2.04. The number of amides is 1. The molecule has 158 valence electrons. The summed E-state index contributed by atoms with van der Waals surface area (Å²) in [5.74, 6) is -1.44. The third-order valence-electron chi connectivity index (χ3n) is 4.70. The molecule has 0 saturated heterocycles. The van der Waals surface area contributed by atoms with E-state index < -0.39 is 11.8 Å². The number of anilines is 1. The van der Waals surface area contributed by atoms with E-state index in [9.17, 15) is 14.0 Å². The first kappa shape index (κ1) is 20.7. The van der Waals surface area contributed by atoms with Crippen LogP contribution in [-0.2, 0) is 22.6 Å². The van der Waals surface area contributed by atoms with Gasteiger partial charge in [-0.2, -0.15) is 0 Å². The number of nitrogens with zero attached hydrogens (tertiary/aromatic N) is 1. The Balaban J connectivity index is 1.35. The molecule has 0 aliphatic heterocycles. The van der Waals surface area contributed by atoms with Crippen LogP contribution in [0.1, 0.15) is 32.4 Å². The summed E-state index contributed by atoms with van der Waals surface area (Å²) in [4.78, 5) is 28.9. The molecule has 4 rings (SSSR count). The number of hydrogen-bond acceptors (Lipinski definition) is 6. The highest BCUT2D eigenvalue weighted by Crippen LogP contribution is 2.28. The summed E-state index contributed by atoms with van der Waals surface area (Å²) in [6.45, 7) is 3.58. The number of rotatable bonds is 6. The van der Waals surface area contributed by atoms with Gasteiger partial charge in [-0.15, -0.1) is 11.3 Å². The molecule has 0 bridgehead atoms. The van der Waals surface area contributed by atoms with E-state index in [4.69, 9.17) is 9.15 Å². The number of esters is 1. The monoisotopic (exact) mass is 438 g/mol. The molecule has 4 aromatic rings. The van der Waals surface area contributed by atoms with Crippen LogP contribution in [0.3, 0.4) is 0 Å². The molecule has 2 aromatic carbocycles. The minimum atomic E-state index is -0.695. The van der Waals surface area contributed by atoms with Crippen molar-refractivity contribution in [2.75, 3.05) is 5.32 Å². The van der Waals surface area contributed by atoms with Gasteiger partial charge in [-0.05, 0) is 32.0 Å². The number of benzene rings is 2. The zero-order valence-electron chi connectivity index (χ0n) is 16.9. The lowest BCUT2D eigenvalue weighted by Crippen LogP contribution is -2.14. The van der Waals surface area contributed by atoms with Crippen LogP contribution in [0.25, 0.3) is 11.0 Å². The van der Waals surface area contributed by atoms with Crippen LogP contribution in [0.15, 0.2) is 52.3 Å². The van der Waals surface area contributed by atoms with Gasteiger partial charge in [-0.25, -0.2) is 14.2 Å². The molecular weight excluding hydrogens is 419 g/mol. The molecule has 8 heteroatoms. The van der Waals surface area contributed by atoms with E-state index in [0.29, 0.717) is 21.7 Å². The van der Waals surface area contributed by atoms with Gasteiger partial charge in [0.05, 0.1) is 12.1 Å². The van der Waals surface area contributed by atoms with Crippen molar-refractivity contribution in [1.82, 2.24) is 4.98 Å². The second kappa shape index (κ2) is 8.69. The van der Waals surface area contributed by atoms with Gasteiger partial charge in [0.15, 0.2) is 11.4 Å². The van der Waals surface area contributed by atoms with Crippen molar-refractivity contribution in [2.24, 2.45) is 0 Å². The van der Waals surface area contributed by atoms with Crippen LogP contribution in [0.4, 0.5) is 10.1 Å². The number of fused-ring (bicyclic) bond motifs is 1. The molecule has 31 heavy (non-hydrogen) atoms. The lowest BCUT2D eigenvalue weighted by atomic mass is 10.1. The standard InChI is InChI=1S/C23H19FN2O4S/c1-13-6-8-15(9-7-13)25-19(27)10-20-26-16(12-31-20)11-29-23(28)21-14(2)17-4-3-5-18(24)22(17)30-21/h3-9,12H,10-11H2,1-2H3,(H,25,27). The van der Waals surface area contributed by atoms with E-state index in [-0.39, 0.29) is 30.3 Å². The van der Waals surface area contributed by atoms with Crippen LogP contribution in [0.5, 0.6) is 0 Å². The van der Waals surface area contributed by atoms with Crippen LogP contribution in [0, 0.1) is 19.7 Å². The summed E-state index contributed by atoms with van der Waals surface area (Å²) in [7, 11) is 0. The van der Waals surface area contributed by atoms with E-state index in [0.717, 1.165) is 11.3 Å². The van der Waals surface area contributed by atoms with Crippen molar-refractivity contribution in [3.05, 3.63) is 81.3 Å². The summed E-state index contributed by atoms with van der Waals surface area (Å²) < 4.78 is 24.5. The van der Waals surface area contributed by atoms with Crippen molar-refractivity contribution >= 4 is 39.9 Å². The molecule has 0 aliphatic carbocycles. The number of ether oxygens (including phenoxy) is 1. The number of furan rings is 1. The maximum absolute atomic E-state index is 13.9. The molecule has 0 spiro atoms. The van der Waals surface area contributed by atoms with E-state index in [2.05, 4.69) is 10.3 Å². The fraction of sp³-hybridized carbons (Fsp3) is 0.174. The first-order valence-corrected chi connectivity index (χ1v) is 10.4. The maximum atomic E-state index is 13.9. The number of para-hydroxylation sites is 1. The van der Waals surface area contributed by atoms with Gasteiger partial charge in [-0.1, -0.05) is 29.8 Å². The Morgan fingerprint density at radius 3 is 2.68 bits per heavy atom. The zero-order chi connectivity index (χ0) is 22.0. The molecule has 2 heterocycles. The van der Waals surface area contributed by atoms with Gasteiger partial charge in [0.1, 0.15) is 11.6 Å². The average Bonchev–Trinajstić information content (AvgIpc) is 3.33. The van der Waals surface area contributed by atoms with Gasteiger partial charge in [0, 0.05) is 22.0 Å². The van der Waals surface area contributed by atoms with Crippen LogP contribution >= 0.6 is 11.3 Å². The molecule has 0 saturated carbocycles. The second-order valence-corrected chi connectivity index (χ2v) is 8.02. The molecule has 0 fully saturated rings. The second-order valence-electron chi connectivity index (χ2n) is 7.07. The van der Waals surface area contributed by atoms with Gasteiger partial charge in [0.25, 0.3) is 0 Å². The van der Waals surface area contributed by atoms with E-state index in [1.807, 2.05) is 31.2 Å². The summed E-state index contributed by atoms with van der Waals surface area (Å²) >= 11 is 1.31. The lowest BCUT2D eigenvalue weighted by molar-refractivity contribution is -0.115. The van der Waals surface area contributed by atoms with Crippen molar-refractivity contribution in [3.63, 3.8) is 0 Å². The third-order valence-corrected chi connectivity index (χ3v) is 5.60. The quantitative estimate of drug-likeness (QED) is 0.419. The number of nitrogens with one attached hydrogen (secondary N) is 1. The topological polar surface area (TPSA) is 81.4 Å². The fourth-order valence-corrected chi connectivity index (χ4v) is 3.86. The molecule has 0 aliphatic rings. The van der Waals surface area contributed by atoms with E-state index in [1.165, 1.54) is 17.4 Å². The number of halogens is 1. The molecule has 1 N–H and O–H groups in total. The van der Waals surface area contributed by atoms with Gasteiger partial charge in [-0.3, -0.25) is 4.79 Å². The summed E-state index contributed by atoms with van der Waals surface area (Å²) in [5, 5.41) is 5.69. The molecular formula is C23H19FN2O4S. The highest BCUT2D eigenvalue weighted by Gasteiger charge is 2.21. The Kier molecular flexibility index (Phi) is 5.81. The Morgan fingerprint density at radius 1 is 1.16 bits per heavy atom. The fourth-order valence-electron chi connectivity index (χ4n) is 3.08. The summed E-state index contributed by atoms with van der Waals surface area (Å²) in [6, 6.07) is 12.0. The Labute approximate surface area is 181 Å². The largest absolute Gasteiger partial charge is 0.453 e. The third kappa shape index (κ3) is 4.64. The SMILES string of the molecule is Cc1ccc(NC(=O)Cc2nc(COC(=O)c3oc4c(F)cccc4c3C)cs2)cc1. The molecule has 0 unspecified atom stereocenters. The number of aromatic nitrogens is 1. The summed E-state index contributed by atoms with van der Waals surface area (Å²) in [6.07, 6.45) is 0.119. The Hall–Kier alpha value is -3.52. The molecule has 2 aromatic heterocycles. The minimum absolute atomic E-state index is 0.0301. The minimum Gasteiger partial charge on any atom is -0.453 e. The number of hydrogen-bond donors (Lipinski definition) is 1. The van der Waals surface area contributed by atoms with Crippen molar-refractivity contribution < 1.29 is 23.1 Å². The van der Waals surface area contributed by atoms with Gasteiger partial charge < -0.3 is 14.5 Å². The van der Waals surface area contributed by atoms with Crippen molar-refractivity contribution in [2.45, 2.75) is 26.9 Å². The predicted octanol–water partition coefficient (Wildman–Crippen LogP) is 5.18. The van der Waals surface area contributed by atoms with Crippen LogP contribution < -0.4 is 5.32 Å². The van der Waals surface area contributed by atoms with Gasteiger partial charge in [0.2, 0.25) is 11.7 Å². The normalized spacial score (nSPS) is 10.9. The van der Waals surface area contributed by atoms with Crippen molar-refractivity contribution in [1.29, 1.82) is 0 Å². The highest BCUT2D eigenvalue weighted by molar-refractivity contribution is 7.09. The highest BCUT2D eigenvalue weighted by atomic mass is 32.1. The Bertz CT molecular complexity index is 1260. The van der Waals surface area contributed by atoms with E-state index >= 15 is 0 Å². The number of aryl methyl sites for hydroxylation is 2. The molecule has 1 amide bonds. The summed E-state index contributed by atoms with van der Waals surface area (Å²) in [5.41, 5.74) is 2.91. The number of carbonyl (C=O) groups is 2. The smallest absolute Gasteiger partial charge is 0.374 e. The van der Waals surface area contributed by atoms with Crippen LogP contribution in [-0.4, -0.2) is 16.9 Å². The molecule has 0 atom stereocenters. The maximum Gasteiger partial charge on any atom is 0.374 e. The van der Waals surface area contributed by atoms with Gasteiger partial charge >= 0.3 is 5.97 Å². The van der Waals surface area contributed by atoms with Crippen LogP contribution in [0.2, 0.25) is 0 Å². The average molecular weight is 438 g/mol. The first-order valence-electron chi connectivity index (χ1n) is 9.55. The van der Waals surface area contributed by atoms with E-state index in [1.54, 1.807) is 24.4 Å². The van der Waals surface area contributed by atoms with Crippen molar-refractivity contribution in [3.8, 4) is 0 Å².